The molecule has 1 saturated heterocycles. The number of amides is 1. The van der Waals surface area contributed by atoms with E-state index in [4.69, 9.17) is 23.5 Å². The fraction of sp³-hybridized carbons (Fsp3) is 0.410. The van der Waals surface area contributed by atoms with Crippen LogP contribution in [0, 0.1) is 0 Å². The highest BCUT2D eigenvalue weighted by Gasteiger charge is 2.44. The minimum atomic E-state index is -1.07. The van der Waals surface area contributed by atoms with Gasteiger partial charge in [-0.05, 0) is 81.4 Å². The third kappa shape index (κ3) is 8.68. The predicted octanol–water partition coefficient (Wildman–Crippen LogP) is 6.96. The first-order valence-electron chi connectivity index (χ1n) is 17.2. The third-order valence-electron chi connectivity index (χ3n) is 8.93. The number of hydrogen-bond donors (Lipinski definition) is 1. The number of rotatable bonds is 15. The molecule has 2 heterocycles. The van der Waals surface area contributed by atoms with Crippen LogP contribution < -0.4 is 20.5 Å². The maximum atomic E-state index is 13.2. The molecule has 0 radical (unpaired) electrons. The average Bonchev–Trinajstić information content (AvgIpc) is 3.50. The Bertz CT molecular complexity index is 1730. The maximum Gasteiger partial charge on any atom is 0.351 e. The molecule has 272 valence electrons. The number of methoxy groups -OCH3 is 2. The van der Waals surface area contributed by atoms with E-state index in [1.807, 2.05) is 66.7 Å². The number of ether oxygens (including phenoxy) is 4. The van der Waals surface area contributed by atoms with Crippen LogP contribution in [0.15, 0.2) is 95.9 Å². The molecule has 51 heavy (non-hydrogen) atoms. The van der Waals surface area contributed by atoms with Gasteiger partial charge in [-0.2, -0.15) is 4.98 Å². The van der Waals surface area contributed by atoms with Gasteiger partial charge in [-0.15, -0.1) is 0 Å². The van der Waals surface area contributed by atoms with Crippen LogP contribution in [-0.4, -0.2) is 71.9 Å². The summed E-state index contributed by atoms with van der Waals surface area (Å²) in [6, 6.07) is 27.9. The van der Waals surface area contributed by atoms with Gasteiger partial charge in [0.2, 0.25) is 5.91 Å². The molecule has 0 bridgehead atoms. The van der Waals surface area contributed by atoms with E-state index in [-0.39, 0.29) is 30.4 Å². The van der Waals surface area contributed by atoms with Crippen molar-refractivity contribution in [3.8, 4) is 11.5 Å². The molecule has 0 aliphatic carbocycles. The Labute approximate surface area is 301 Å². The molecule has 1 N–H and O–H groups in total. The summed E-state index contributed by atoms with van der Waals surface area (Å²) in [4.78, 5) is 28.9. The summed E-state index contributed by atoms with van der Waals surface area (Å²) < 4.78 is 35.6. The van der Waals surface area contributed by atoms with Gasteiger partial charge in [-0.1, -0.05) is 54.6 Å². The Morgan fingerprint density at radius 3 is 1.96 bits per heavy atom. The molecule has 5 rings (SSSR count). The molecule has 12 heteroatoms. The highest BCUT2D eigenvalue weighted by atomic mass is 31.2. The minimum absolute atomic E-state index is 0.132. The molecule has 3 aromatic carbocycles. The predicted molar refractivity (Wildman–Crippen MR) is 199 cm³/mol. The van der Waals surface area contributed by atoms with Gasteiger partial charge in [0.15, 0.2) is 0 Å². The van der Waals surface area contributed by atoms with Crippen molar-refractivity contribution in [2.24, 2.45) is 0 Å². The first-order chi connectivity index (χ1) is 24.5. The van der Waals surface area contributed by atoms with Crippen LogP contribution >= 0.6 is 8.30 Å². The van der Waals surface area contributed by atoms with Crippen LogP contribution in [0.3, 0.4) is 0 Å². The fourth-order valence-electron chi connectivity index (χ4n) is 6.79. The van der Waals surface area contributed by atoms with E-state index in [0.717, 1.165) is 28.2 Å². The number of nitrogens with one attached hydrogen (secondary N) is 1. The largest absolute Gasteiger partial charge is 0.497 e. The number of hydrogen-bond acceptors (Lipinski definition) is 9. The van der Waals surface area contributed by atoms with Gasteiger partial charge in [0.1, 0.15) is 43.5 Å². The maximum absolute atomic E-state index is 13.2. The van der Waals surface area contributed by atoms with Crippen LogP contribution in [0.1, 0.15) is 64.0 Å². The van der Waals surface area contributed by atoms with Crippen LogP contribution in [0.25, 0.3) is 0 Å². The summed E-state index contributed by atoms with van der Waals surface area (Å²) in [5, 5.41) is 2.57. The van der Waals surface area contributed by atoms with Gasteiger partial charge in [0, 0.05) is 31.6 Å². The Kier molecular flexibility index (Phi) is 12.7. The van der Waals surface area contributed by atoms with Crippen LogP contribution in [0.2, 0.25) is 0 Å². The van der Waals surface area contributed by atoms with Crippen LogP contribution in [-0.2, 0) is 24.4 Å². The minimum Gasteiger partial charge on any atom is -0.497 e. The van der Waals surface area contributed by atoms with Crippen molar-refractivity contribution in [1.29, 1.82) is 0 Å². The van der Waals surface area contributed by atoms with Crippen molar-refractivity contribution in [1.82, 2.24) is 14.2 Å². The molecule has 4 aromatic rings. The summed E-state index contributed by atoms with van der Waals surface area (Å²) in [5.74, 6) is 1.33. The number of nitrogens with zero attached hydrogens (tertiary/aromatic N) is 3. The van der Waals surface area contributed by atoms with E-state index in [2.05, 4.69) is 61.5 Å². The second-order valence-electron chi connectivity index (χ2n) is 13.0. The normalized spacial score (nSPS) is 18.3. The lowest BCUT2D eigenvalue weighted by Gasteiger charge is -2.39. The van der Waals surface area contributed by atoms with Gasteiger partial charge in [0.05, 0.1) is 26.9 Å². The van der Waals surface area contributed by atoms with Gasteiger partial charge < -0.3 is 28.8 Å². The first-order valence-corrected chi connectivity index (χ1v) is 18.8. The van der Waals surface area contributed by atoms with E-state index in [1.54, 1.807) is 26.5 Å². The van der Waals surface area contributed by atoms with Crippen molar-refractivity contribution >= 4 is 20.0 Å². The average molecular weight is 717 g/mol. The van der Waals surface area contributed by atoms with Crippen molar-refractivity contribution in [3.05, 3.63) is 118 Å². The van der Waals surface area contributed by atoms with Crippen molar-refractivity contribution in [2.75, 3.05) is 32.8 Å². The second kappa shape index (κ2) is 16.9. The standard InChI is InChI=1S/C39H49N4O7P/c1-26(2)43(27(3)4)51(8)50-34-24-37(42-23-22-36(40-28(5)44)41-38(42)45)49-35(34)25-48-39(29-12-10-9-11-13-29,30-14-18-32(46-6)19-15-30)31-16-20-33(47-7)21-17-31/h9-23,26-27,34-35,37H,24-25H2,1-8H3,(H,40,41,44,45)/t34-,35-,37-,51?/m1/s1. The van der Waals surface area contributed by atoms with Gasteiger partial charge in [0.25, 0.3) is 0 Å². The number of carbonyl (C=O) groups is 1. The summed E-state index contributed by atoms with van der Waals surface area (Å²) in [5.41, 5.74) is 1.10. The Hall–Kier alpha value is -4.12. The first kappa shape index (κ1) is 38.1. The number of benzene rings is 3. The molecule has 1 aliphatic rings. The van der Waals surface area contributed by atoms with Crippen molar-refractivity contribution in [3.63, 3.8) is 0 Å². The van der Waals surface area contributed by atoms with E-state index in [9.17, 15) is 9.59 Å². The zero-order chi connectivity index (χ0) is 36.7. The molecule has 1 amide bonds. The summed E-state index contributed by atoms with van der Waals surface area (Å²) >= 11 is 0. The van der Waals surface area contributed by atoms with Gasteiger partial charge >= 0.3 is 5.69 Å². The highest BCUT2D eigenvalue weighted by molar-refractivity contribution is 7.49. The van der Waals surface area contributed by atoms with Crippen molar-refractivity contribution in [2.45, 2.75) is 77.2 Å². The summed E-state index contributed by atoms with van der Waals surface area (Å²) in [7, 11) is 2.25. The molecule has 0 saturated carbocycles. The molecule has 1 aromatic heterocycles. The van der Waals surface area contributed by atoms with E-state index in [0.29, 0.717) is 6.42 Å². The SMILES string of the molecule is COc1ccc(C(OC[C@H]2O[C@@H](n3ccc(NC(C)=O)nc3=O)C[C@H]2OP(C)N(C(C)C)C(C)C)(c2ccccc2)c2ccc(OC)cc2)cc1. The Morgan fingerprint density at radius 2 is 1.47 bits per heavy atom. The molecular formula is C39H49N4O7P. The molecule has 1 fully saturated rings. The van der Waals surface area contributed by atoms with E-state index < -0.39 is 38.0 Å². The quantitative estimate of drug-likeness (QED) is 0.103. The van der Waals surface area contributed by atoms with Gasteiger partial charge in [-0.3, -0.25) is 14.0 Å². The Balaban J connectivity index is 1.56. The zero-order valence-electron chi connectivity index (χ0n) is 30.6. The smallest absolute Gasteiger partial charge is 0.351 e. The molecular weight excluding hydrogens is 667 g/mol. The lowest BCUT2D eigenvalue weighted by atomic mass is 9.80. The lowest BCUT2D eigenvalue weighted by molar-refractivity contribution is -0.114. The summed E-state index contributed by atoms with van der Waals surface area (Å²) in [6.45, 7) is 12.3. The number of anilines is 1. The molecule has 11 nitrogen and oxygen atoms in total. The highest BCUT2D eigenvalue weighted by Crippen LogP contribution is 2.47. The molecule has 4 atom stereocenters. The Morgan fingerprint density at radius 1 is 0.922 bits per heavy atom. The fourth-order valence-corrected chi connectivity index (χ4v) is 8.82. The van der Waals surface area contributed by atoms with E-state index >= 15 is 0 Å². The van der Waals surface area contributed by atoms with Crippen LogP contribution in [0.5, 0.6) is 11.5 Å². The molecule has 1 unspecified atom stereocenters. The number of aromatic nitrogens is 2. The lowest BCUT2D eigenvalue weighted by Crippen LogP contribution is -2.39. The monoisotopic (exact) mass is 716 g/mol. The third-order valence-corrected chi connectivity index (χ3v) is 11.1. The molecule has 0 spiro atoms. The van der Waals surface area contributed by atoms with Crippen LogP contribution in [0.4, 0.5) is 5.82 Å². The topological polar surface area (TPSA) is 113 Å². The van der Waals surface area contributed by atoms with E-state index in [1.165, 1.54) is 11.5 Å². The summed E-state index contributed by atoms with van der Waals surface area (Å²) in [6.07, 6.45) is 0.362. The second-order valence-corrected chi connectivity index (χ2v) is 14.6. The molecule has 1 aliphatic heterocycles. The van der Waals surface area contributed by atoms with Gasteiger partial charge in [-0.25, -0.2) is 4.79 Å². The zero-order valence-corrected chi connectivity index (χ0v) is 31.5. The number of carbonyl (C=O) groups excluding carboxylic acids is 1. The van der Waals surface area contributed by atoms with Crippen molar-refractivity contribution < 1.29 is 28.3 Å².